The van der Waals surface area contributed by atoms with E-state index in [4.69, 9.17) is 5.11 Å². The van der Waals surface area contributed by atoms with Gasteiger partial charge in [0, 0.05) is 12.6 Å². The molecule has 2 nitrogen and oxygen atoms in total. The minimum absolute atomic E-state index is 0.206. The fourth-order valence-electron chi connectivity index (χ4n) is 1.96. The fourth-order valence-corrected chi connectivity index (χ4v) is 1.96. The average molecular weight is 171 g/mol. The van der Waals surface area contributed by atoms with E-state index >= 15 is 0 Å². The van der Waals surface area contributed by atoms with E-state index in [0.29, 0.717) is 6.04 Å². The van der Waals surface area contributed by atoms with Gasteiger partial charge in [0.2, 0.25) is 0 Å². The van der Waals surface area contributed by atoms with Crippen LogP contribution in [0.25, 0.3) is 0 Å². The summed E-state index contributed by atoms with van der Waals surface area (Å²) in [5.41, 5.74) is 0. The molecule has 0 aromatic heterocycles. The number of aliphatic hydroxyl groups is 1. The van der Waals surface area contributed by atoms with Gasteiger partial charge in [0.1, 0.15) is 0 Å². The fraction of sp³-hybridized carbons (Fsp3) is 1.00. The molecule has 0 heterocycles. The number of nitrogens with one attached hydrogen (secondary N) is 1. The Labute approximate surface area is 75.4 Å². The van der Waals surface area contributed by atoms with E-state index < -0.39 is 0 Å². The van der Waals surface area contributed by atoms with Crippen molar-refractivity contribution in [3.63, 3.8) is 0 Å². The highest BCUT2D eigenvalue weighted by atomic mass is 16.3. The molecule has 0 saturated heterocycles. The van der Waals surface area contributed by atoms with Crippen LogP contribution in [0, 0.1) is 5.92 Å². The zero-order valence-corrected chi connectivity index (χ0v) is 8.21. The molecule has 1 aliphatic carbocycles. The maximum atomic E-state index is 9.09. The van der Waals surface area contributed by atoms with Crippen LogP contribution in [0.1, 0.15) is 39.5 Å². The lowest BCUT2D eigenvalue weighted by atomic mass is 9.87. The normalized spacial score (nSPS) is 33.2. The van der Waals surface area contributed by atoms with E-state index in [1.807, 2.05) is 6.92 Å². The second kappa shape index (κ2) is 4.83. The topological polar surface area (TPSA) is 32.3 Å². The summed E-state index contributed by atoms with van der Waals surface area (Å²) >= 11 is 0. The average Bonchev–Trinajstić information content (AvgIpc) is 2.01. The smallest absolute Gasteiger partial charge is 0.0636 e. The minimum Gasteiger partial charge on any atom is -0.392 e. The standard InChI is InChI=1S/C10H21NO/c1-8-4-3-5-10(6-8)11-7-9(2)12/h8-12H,3-7H2,1-2H3/t8-,9+,10-/m0/s1. The van der Waals surface area contributed by atoms with E-state index in [0.717, 1.165) is 12.5 Å². The molecule has 0 spiro atoms. The van der Waals surface area contributed by atoms with Crippen molar-refractivity contribution in [3.05, 3.63) is 0 Å². The third kappa shape index (κ3) is 3.55. The van der Waals surface area contributed by atoms with Gasteiger partial charge >= 0.3 is 0 Å². The van der Waals surface area contributed by atoms with Gasteiger partial charge in [-0.2, -0.15) is 0 Å². The van der Waals surface area contributed by atoms with Crippen molar-refractivity contribution in [1.29, 1.82) is 0 Å². The molecule has 1 fully saturated rings. The number of aliphatic hydroxyl groups excluding tert-OH is 1. The molecule has 0 amide bonds. The first-order valence-electron chi connectivity index (χ1n) is 5.10. The van der Waals surface area contributed by atoms with Crippen molar-refractivity contribution in [3.8, 4) is 0 Å². The highest BCUT2D eigenvalue weighted by molar-refractivity contribution is 4.76. The summed E-state index contributed by atoms with van der Waals surface area (Å²) in [4.78, 5) is 0. The van der Waals surface area contributed by atoms with Crippen LogP contribution < -0.4 is 5.32 Å². The SMILES string of the molecule is C[C@H]1CCC[C@H](NC[C@@H](C)O)C1. The molecule has 2 N–H and O–H groups in total. The van der Waals surface area contributed by atoms with E-state index in [9.17, 15) is 0 Å². The van der Waals surface area contributed by atoms with Gasteiger partial charge in [-0.25, -0.2) is 0 Å². The first-order valence-corrected chi connectivity index (χ1v) is 5.10. The summed E-state index contributed by atoms with van der Waals surface area (Å²) in [5, 5.41) is 12.5. The molecule has 72 valence electrons. The molecular formula is C10H21NO. The van der Waals surface area contributed by atoms with Gasteiger partial charge in [-0.05, 0) is 25.7 Å². The second-order valence-corrected chi connectivity index (χ2v) is 4.23. The molecule has 0 radical (unpaired) electrons. The van der Waals surface area contributed by atoms with Crippen LogP contribution in [0.15, 0.2) is 0 Å². The zero-order valence-electron chi connectivity index (χ0n) is 8.21. The van der Waals surface area contributed by atoms with Gasteiger partial charge in [-0.15, -0.1) is 0 Å². The monoisotopic (exact) mass is 171 g/mol. The quantitative estimate of drug-likeness (QED) is 0.675. The molecule has 0 bridgehead atoms. The second-order valence-electron chi connectivity index (χ2n) is 4.23. The maximum Gasteiger partial charge on any atom is 0.0636 e. The summed E-state index contributed by atoms with van der Waals surface area (Å²) in [6.07, 6.45) is 5.09. The Balaban J connectivity index is 2.14. The summed E-state index contributed by atoms with van der Waals surface area (Å²) < 4.78 is 0. The van der Waals surface area contributed by atoms with Gasteiger partial charge < -0.3 is 10.4 Å². The van der Waals surface area contributed by atoms with Gasteiger partial charge in [-0.1, -0.05) is 19.8 Å². The zero-order chi connectivity index (χ0) is 8.97. The minimum atomic E-state index is -0.206. The molecule has 1 rings (SSSR count). The van der Waals surface area contributed by atoms with Gasteiger partial charge in [0.15, 0.2) is 0 Å². The van der Waals surface area contributed by atoms with Crippen LogP contribution in [0.3, 0.4) is 0 Å². The molecule has 1 aliphatic rings. The van der Waals surface area contributed by atoms with Gasteiger partial charge in [0.05, 0.1) is 6.10 Å². The molecule has 3 atom stereocenters. The van der Waals surface area contributed by atoms with E-state index in [1.54, 1.807) is 0 Å². The van der Waals surface area contributed by atoms with Crippen molar-refractivity contribution in [2.24, 2.45) is 5.92 Å². The van der Waals surface area contributed by atoms with Crippen LogP contribution in [0.4, 0.5) is 0 Å². The number of rotatable bonds is 3. The van der Waals surface area contributed by atoms with Crippen LogP contribution in [-0.2, 0) is 0 Å². The molecular weight excluding hydrogens is 150 g/mol. The Bertz CT molecular complexity index is 125. The van der Waals surface area contributed by atoms with Gasteiger partial charge in [0.25, 0.3) is 0 Å². The third-order valence-electron chi connectivity index (χ3n) is 2.64. The van der Waals surface area contributed by atoms with Crippen molar-refractivity contribution in [2.75, 3.05) is 6.54 Å². The van der Waals surface area contributed by atoms with Gasteiger partial charge in [-0.3, -0.25) is 0 Å². The lowest BCUT2D eigenvalue weighted by Crippen LogP contribution is -2.37. The highest BCUT2D eigenvalue weighted by Gasteiger charge is 2.18. The summed E-state index contributed by atoms with van der Waals surface area (Å²) in [6.45, 7) is 4.90. The Hall–Kier alpha value is -0.0800. The highest BCUT2D eigenvalue weighted by Crippen LogP contribution is 2.23. The van der Waals surface area contributed by atoms with Crippen LogP contribution in [0.2, 0.25) is 0 Å². The van der Waals surface area contributed by atoms with Crippen LogP contribution in [0.5, 0.6) is 0 Å². The Morgan fingerprint density at radius 2 is 2.25 bits per heavy atom. The number of hydrogen-bond donors (Lipinski definition) is 2. The first-order chi connectivity index (χ1) is 5.68. The molecule has 0 unspecified atom stereocenters. The molecule has 0 aliphatic heterocycles. The predicted molar refractivity (Wildman–Crippen MR) is 51.1 cm³/mol. The van der Waals surface area contributed by atoms with Crippen molar-refractivity contribution in [1.82, 2.24) is 5.32 Å². The summed E-state index contributed by atoms with van der Waals surface area (Å²) in [6, 6.07) is 0.656. The van der Waals surface area contributed by atoms with E-state index in [-0.39, 0.29) is 6.10 Å². The lowest BCUT2D eigenvalue weighted by Gasteiger charge is -2.28. The molecule has 0 aromatic rings. The Morgan fingerprint density at radius 1 is 1.50 bits per heavy atom. The lowest BCUT2D eigenvalue weighted by molar-refractivity contribution is 0.177. The molecule has 1 saturated carbocycles. The van der Waals surface area contributed by atoms with E-state index in [2.05, 4.69) is 12.2 Å². The van der Waals surface area contributed by atoms with Crippen LogP contribution in [-0.4, -0.2) is 23.8 Å². The molecule has 0 aromatic carbocycles. The third-order valence-corrected chi connectivity index (χ3v) is 2.64. The van der Waals surface area contributed by atoms with Crippen molar-refractivity contribution in [2.45, 2.75) is 51.7 Å². The van der Waals surface area contributed by atoms with E-state index in [1.165, 1.54) is 25.7 Å². The Kier molecular flexibility index (Phi) is 4.02. The maximum absolute atomic E-state index is 9.09. The van der Waals surface area contributed by atoms with Crippen molar-refractivity contribution < 1.29 is 5.11 Å². The van der Waals surface area contributed by atoms with Crippen molar-refractivity contribution >= 4 is 0 Å². The molecule has 2 heteroatoms. The van der Waals surface area contributed by atoms with Crippen LogP contribution >= 0.6 is 0 Å². The molecule has 12 heavy (non-hydrogen) atoms. The summed E-state index contributed by atoms with van der Waals surface area (Å²) in [7, 11) is 0. The Morgan fingerprint density at radius 3 is 2.83 bits per heavy atom. The first kappa shape index (κ1) is 10.0. The number of hydrogen-bond acceptors (Lipinski definition) is 2. The predicted octanol–water partition coefficient (Wildman–Crippen LogP) is 1.54. The summed E-state index contributed by atoms with van der Waals surface area (Å²) in [5.74, 6) is 0.866. The largest absolute Gasteiger partial charge is 0.392 e.